The van der Waals surface area contributed by atoms with Crippen LogP contribution in [0.2, 0.25) is 0 Å². The standard InChI is InChI=1S/C17H18N4O2/c1-21-15-4-3-13(23-2)11-14(15)20-16(21)7-10-19-17(22)12-5-8-18-9-6-12/h3-6,8-9,11H,7,10H2,1-2H3,(H,19,22). The van der Waals surface area contributed by atoms with E-state index >= 15 is 0 Å². The van der Waals surface area contributed by atoms with Gasteiger partial charge in [-0.05, 0) is 24.3 Å². The molecule has 2 heterocycles. The Hall–Kier alpha value is -2.89. The summed E-state index contributed by atoms with van der Waals surface area (Å²) in [6.07, 6.45) is 3.87. The van der Waals surface area contributed by atoms with Crippen molar-refractivity contribution in [2.75, 3.05) is 13.7 Å². The molecule has 0 fully saturated rings. The summed E-state index contributed by atoms with van der Waals surface area (Å²) in [6, 6.07) is 9.20. The van der Waals surface area contributed by atoms with Crippen LogP contribution in [0.3, 0.4) is 0 Å². The third-order valence-corrected chi connectivity index (χ3v) is 3.76. The van der Waals surface area contributed by atoms with Crippen LogP contribution >= 0.6 is 0 Å². The van der Waals surface area contributed by atoms with E-state index in [-0.39, 0.29) is 5.91 Å². The second-order valence-electron chi connectivity index (χ2n) is 5.18. The Kier molecular flexibility index (Phi) is 4.23. The van der Waals surface area contributed by atoms with Gasteiger partial charge in [0.2, 0.25) is 0 Å². The highest BCUT2D eigenvalue weighted by Crippen LogP contribution is 2.20. The number of fused-ring (bicyclic) bond motifs is 1. The lowest BCUT2D eigenvalue weighted by Gasteiger charge is -2.05. The summed E-state index contributed by atoms with van der Waals surface area (Å²) in [5, 5.41) is 2.90. The van der Waals surface area contributed by atoms with Gasteiger partial charge in [0.1, 0.15) is 11.6 Å². The summed E-state index contributed by atoms with van der Waals surface area (Å²) in [7, 11) is 3.61. The summed E-state index contributed by atoms with van der Waals surface area (Å²) >= 11 is 0. The first-order valence-electron chi connectivity index (χ1n) is 7.36. The van der Waals surface area contributed by atoms with Crippen LogP contribution in [0.25, 0.3) is 11.0 Å². The lowest BCUT2D eigenvalue weighted by Crippen LogP contribution is -2.26. The van der Waals surface area contributed by atoms with Crippen LogP contribution in [0.1, 0.15) is 16.2 Å². The van der Waals surface area contributed by atoms with Crippen LogP contribution in [0.4, 0.5) is 0 Å². The number of rotatable bonds is 5. The van der Waals surface area contributed by atoms with Crippen LogP contribution in [0.5, 0.6) is 5.75 Å². The predicted molar refractivity (Wildman–Crippen MR) is 87.5 cm³/mol. The van der Waals surface area contributed by atoms with Gasteiger partial charge in [-0.25, -0.2) is 4.98 Å². The molecule has 23 heavy (non-hydrogen) atoms. The molecular weight excluding hydrogens is 292 g/mol. The minimum absolute atomic E-state index is 0.104. The Labute approximate surface area is 134 Å². The van der Waals surface area contributed by atoms with Crippen molar-refractivity contribution in [3.05, 3.63) is 54.1 Å². The predicted octanol–water partition coefficient (Wildman–Crippen LogP) is 1.95. The smallest absolute Gasteiger partial charge is 0.251 e. The third kappa shape index (κ3) is 3.15. The number of amides is 1. The molecule has 3 aromatic rings. The van der Waals surface area contributed by atoms with E-state index in [0.29, 0.717) is 18.5 Å². The van der Waals surface area contributed by atoms with Crippen molar-refractivity contribution >= 4 is 16.9 Å². The number of nitrogens with one attached hydrogen (secondary N) is 1. The van der Waals surface area contributed by atoms with Crippen molar-refractivity contribution in [2.45, 2.75) is 6.42 Å². The van der Waals surface area contributed by atoms with E-state index < -0.39 is 0 Å². The fourth-order valence-electron chi connectivity index (χ4n) is 2.47. The summed E-state index contributed by atoms with van der Waals surface area (Å²) in [5.41, 5.74) is 2.54. The van der Waals surface area contributed by atoms with Gasteiger partial charge >= 0.3 is 0 Å². The lowest BCUT2D eigenvalue weighted by atomic mass is 10.2. The number of imidazole rings is 1. The quantitative estimate of drug-likeness (QED) is 0.782. The van der Waals surface area contributed by atoms with Gasteiger partial charge in [-0.15, -0.1) is 0 Å². The van der Waals surface area contributed by atoms with Crippen molar-refractivity contribution in [1.82, 2.24) is 19.9 Å². The van der Waals surface area contributed by atoms with E-state index in [1.165, 1.54) is 0 Å². The van der Waals surface area contributed by atoms with Gasteiger partial charge in [-0.2, -0.15) is 0 Å². The van der Waals surface area contributed by atoms with Gasteiger partial charge in [0.15, 0.2) is 0 Å². The summed E-state index contributed by atoms with van der Waals surface area (Å²) < 4.78 is 7.26. The van der Waals surface area contributed by atoms with Gasteiger partial charge in [-0.3, -0.25) is 9.78 Å². The van der Waals surface area contributed by atoms with Crippen LogP contribution < -0.4 is 10.1 Å². The van der Waals surface area contributed by atoms with Crippen molar-refractivity contribution in [3.8, 4) is 5.75 Å². The topological polar surface area (TPSA) is 69.0 Å². The largest absolute Gasteiger partial charge is 0.497 e. The van der Waals surface area contributed by atoms with Gasteiger partial charge in [0, 0.05) is 44.0 Å². The molecule has 0 unspecified atom stereocenters. The number of benzene rings is 1. The molecule has 1 N–H and O–H groups in total. The zero-order chi connectivity index (χ0) is 16.2. The summed E-state index contributed by atoms with van der Waals surface area (Å²) in [6.45, 7) is 0.523. The Morgan fingerprint density at radius 2 is 2.04 bits per heavy atom. The number of pyridine rings is 1. The maximum Gasteiger partial charge on any atom is 0.251 e. The minimum Gasteiger partial charge on any atom is -0.497 e. The van der Waals surface area contributed by atoms with Gasteiger partial charge in [-0.1, -0.05) is 0 Å². The van der Waals surface area contributed by atoms with Crippen LogP contribution in [0.15, 0.2) is 42.7 Å². The Morgan fingerprint density at radius 1 is 1.26 bits per heavy atom. The molecule has 1 aromatic carbocycles. The average Bonchev–Trinajstić information content (AvgIpc) is 2.91. The first-order valence-corrected chi connectivity index (χ1v) is 7.36. The normalized spacial score (nSPS) is 10.7. The molecule has 118 valence electrons. The number of methoxy groups -OCH3 is 1. The minimum atomic E-state index is -0.104. The zero-order valence-corrected chi connectivity index (χ0v) is 13.1. The molecule has 1 amide bonds. The Bertz CT molecular complexity index is 827. The molecular formula is C17H18N4O2. The molecule has 3 rings (SSSR count). The molecule has 0 aliphatic carbocycles. The fourth-order valence-corrected chi connectivity index (χ4v) is 2.47. The van der Waals surface area contributed by atoms with Gasteiger partial charge in [0.05, 0.1) is 18.1 Å². The van der Waals surface area contributed by atoms with E-state index in [1.54, 1.807) is 31.6 Å². The molecule has 6 nitrogen and oxygen atoms in total. The number of hydrogen-bond donors (Lipinski definition) is 1. The van der Waals surface area contributed by atoms with E-state index in [0.717, 1.165) is 22.6 Å². The van der Waals surface area contributed by atoms with E-state index in [9.17, 15) is 4.79 Å². The highest BCUT2D eigenvalue weighted by Gasteiger charge is 2.10. The van der Waals surface area contributed by atoms with Crippen LogP contribution in [-0.4, -0.2) is 34.1 Å². The molecule has 0 bridgehead atoms. The van der Waals surface area contributed by atoms with Crippen molar-refractivity contribution in [2.24, 2.45) is 7.05 Å². The van der Waals surface area contributed by atoms with Crippen LogP contribution in [0, 0.1) is 0 Å². The average molecular weight is 310 g/mol. The molecule has 0 atom stereocenters. The number of aromatic nitrogens is 3. The van der Waals surface area contributed by atoms with E-state index in [2.05, 4.69) is 15.3 Å². The monoisotopic (exact) mass is 310 g/mol. The summed E-state index contributed by atoms with van der Waals surface area (Å²) in [4.78, 5) is 20.5. The van der Waals surface area contributed by atoms with Gasteiger partial charge in [0.25, 0.3) is 5.91 Å². The SMILES string of the molecule is COc1ccc2c(c1)nc(CCNC(=O)c1ccncc1)n2C. The number of carbonyl (C=O) groups is 1. The Balaban J connectivity index is 1.67. The maximum atomic E-state index is 12.0. The Morgan fingerprint density at radius 3 is 2.78 bits per heavy atom. The molecule has 0 saturated heterocycles. The molecule has 0 radical (unpaired) electrons. The number of ether oxygens (including phenoxy) is 1. The van der Waals surface area contributed by atoms with Crippen LogP contribution in [-0.2, 0) is 13.5 Å². The first-order chi connectivity index (χ1) is 11.2. The van der Waals surface area contributed by atoms with E-state index in [4.69, 9.17) is 4.74 Å². The maximum absolute atomic E-state index is 12.0. The van der Waals surface area contributed by atoms with Crippen molar-refractivity contribution in [3.63, 3.8) is 0 Å². The molecule has 6 heteroatoms. The molecule has 0 aliphatic rings. The first kappa shape index (κ1) is 15.0. The number of aryl methyl sites for hydroxylation is 1. The molecule has 0 aliphatic heterocycles. The molecule has 0 saturated carbocycles. The van der Waals surface area contributed by atoms with Crippen molar-refractivity contribution in [1.29, 1.82) is 0 Å². The number of hydrogen-bond acceptors (Lipinski definition) is 4. The fraction of sp³-hybridized carbons (Fsp3) is 0.235. The van der Waals surface area contributed by atoms with E-state index in [1.807, 2.05) is 29.8 Å². The molecule has 0 spiro atoms. The molecule has 2 aromatic heterocycles. The highest BCUT2D eigenvalue weighted by atomic mass is 16.5. The van der Waals surface area contributed by atoms with Gasteiger partial charge < -0.3 is 14.6 Å². The zero-order valence-electron chi connectivity index (χ0n) is 13.1. The van der Waals surface area contributed by atoms with Crippen molar-refractivity contribution < 1.29 is 9.53 Å². The second-order valence-corrected chi connectivity index (χ2v) is 5.18. The lowest BCUT2D eigenvalue weighted by molar-refractivity contribution is 0.0954. The second kappa shape index (κ2) is 6.48. The third-order valence-electron chi connectivity index (χ3n) is 3.76. The number of carbonyl (C=O) groups excluding carboxylic acids is 1. The highest BCUT2D eigenvalue weighted by molar-refractivity contribution is 5.93. The summed E-state index contributed by atoms with van der Waals surface area (Å²) in [5.74, 6) is 1.60. The number of nitrogens with zero attached hydrogens (tertiary/aromatic N) is 3.